The van der Waals surface area contributed by atoms with Crippen LogP contribution in [0.2, 0.25) is 0 Å². The zero-order valence-electron chi connectivity index (χ0n) is 14.8. The van der Waals surface area contributed by atoms with Gasteiger partial charge in [-0.05, 0) is 61.7 Å². The van der Waals surface area contributed by atoms with Crippen LogP contribution in [0.3, 0.4) is 0 Å². The molecule has 0 aliphatic carbocycles. The fourth-order valence-electron chi connectivity index (χ4n) is 2.48. The van der Waals surface area contributed by atoms with Crippen LogP contribution in [-0.4, -0.2) is 25.6 Å². The van der Waals surface area contributed by atoms with E-state index in [4.69, 9.17) is 9.47 Å². The second-order valence-electron chi connectivity index (χ2n) is 5.65. The van der Waals surface area contributed by atoms with E-state index in [1.807, 2.05) is 25.1 Å². The fraction of sp³-hybridized carbons (Fsp3) is 0.300. The predicted octanol–water partition coefficient (Wildman–Crippen LogP) is 3.75. The van der Waals surface area contributed by atoms with E-state index in [0.717, 1.165) is 16.9 Å². The predicted molar refractivity (Wildman–Crippen MR) is 97.1 cm³/mol. The van der Waals surface area contributed by atoms with Gasteiger partial charge in [0.2, 0.25) is 5.91 Å². The van der Waals surface area contributed by atoms with Crippen molar-refractivity contribution in [2.75, 3.05) is 19.0 Å². The summed E-state index contributed by atoms with van der Waals surface area (Å²) >= 11 is 0. The Balaban J connectivity index is 1.87. The van der Waals surface area contributed by atoms with Crippen molar-refractivity contribution < 1.29 is 19.1 Å². The zero-order valence-corrected chi connectivity index (χ0v) is 14.8. The number of methoxy groups -OCH3 is 1. The minimum absolute atomic E-state index is 0.0719. The summed E-state index contributed by atoms with van der Waals surface area (Å²) in [6.45, 7) is 4.08. The van der Waals surface area contributed by atoms with Crippen molar-refractivity contribution in [1.82, 2.24) is 0 Å². The van der Waals surface area contributed by atoms with E-state index in [9.17, 15) is 9.59 Å². The number of anilines is 1. The Hall–Kier alpha value is -2.82. The van der Waals surface area contributed by atoms with Gasteiger partial charge < -0.3 is 14.8 Å². The molecule has 0 radical (unpaired) electrons. The zero-order chi connectivity index (χ0) is 18.2. The number of benzene rings is 2. The molecule has 0 unspecified atom stereocenters. The van der Waals surface area contributed by atoms with E-state index in [1.165, 1.54) is 0 Å². The van der Waals surface area contributed by atoms with Crippen molar-refractivity contribution in [3.63, 3.8) is 0 Å². The molecule has 0 heterocycles. The number of hydrogen-bond acceptors (Lipinski definition) is 4. The molecule has 0 aliphatic rings. The van der Waals surface area contributed by atoms with Gasteiger partial charge in [-0.3, -0.25) is 4.79 Å². The van der Waals surface area contributed by atoms with Gasteiger partial charge in [-0.2, -0.15) is 0 Å². The summed E-state index contributed by atoms with van der Waals surface area (Å²) in [5.41, 5.74) is 3.26. The summed E-state index contributed by atoms with van der Waals surface area (Å²) in [5.74, 6) is 0.405. The number of amides is 1. The highest BCUT2D eigenvalue weighted by atomic mass is 16.5. The fourth-order valence-corrected chi connectivity index (χ4v) is 2.48. The standard InChI is InChI=1S/C20H23NO4/c1-4-25-20(23)16-7-9-17(10-8-16)21-19(22)12-6-15-5-11-18(24-3)14(2)13-15/h5,7-11,13H,4,6,12H2,1-3H3,(H,21,22). The highest BCUT2D eigenvalue weighted by molar-refractivity contribution is 5.93. The lowest BCUT2D eigenvalue weighted by atomic mass is 10.1. The van der Waals surface area contributed by atoms with Gasteiger partial charge in [-0.1, -0.05) is 12.1 Å². The van der Waals surface area contributed by atoms with Gasteiger partial charge in [-0.25, -0.2) is 4.79 Å². The molecule has 132 valence electrons. The van der Waals surface area contributed by atoms with Crippen molar-refractivity contribution in [3.05, 3.63) is 59.2 Å². The van der Waals surface area contributed by atoms with E-state index in [2.05, 4.69) is 5.32 Å². The molecule has 2 aromatic rings. The number of aryl methyl sites for hydroxylation is 2. The van der Waals surface area contributed by atoms with Crippen molar-refractivity contribution in [2.24, 2.45) is 0 Å². The molecule has 0 bridgehead atoms. The molecular formula is C20H23NO4. The third-order valence-electron chi connectivity index (χ3n) is 3.78. The largest absolute Gasteiger partial charge is 0.496 e. The maximum atomic E-state index is 12.1. The van der Waals surface area contributed by atoms with Gasteiger partial charge in [0.25, 0.3) is 0 Å². The van der Waals surface area contributed by atoms with E-state index >= 15 is 0 Å². The van der Waals surface area contributed by atoms with Gasteiger partial charge in [0.1, 0.15) is 5.75 Å². The van der Waals surface area contributed by atoms with Crippen LogP contribution in [0.4, 0.5) is 5.69 Å². The average molecular weight is 341 g/mol. The molecule has 25 heavy (non-hydrogen) atoms. The van der Waals surface area contributed by atoms with Gasteiger partial charge >= 0.3 is 5.97 Å². The third-order valence-corrected chi connectivity index (χ3v) is 3.78. The first kappa shape index (κ1) is 18.5. The number of nitrogens with one attached hydrogen (secondary N) is 1. The summed E-state index contributed by atoms with van der Waals surface area (Å²) in [5, 5.41) is 2.83. The molecule has 0 aliphatic heterocycles. The first-order valence-electron chi connectivity index (χ1n) is 8.24. The Morgan fingerprint density at radius 2 is 1.80 bits per heavy atom. The lowest BCUT2D eigenvalue weighted by molar-refractivity contribution is -0.116. The first-order valence-corrected chi connectivity index (χ1v) is 8.24. The third kappa shape index (κ3) is 5.35. The highest BCUT2D eigenvalue weighted by Gasteiger charge is 2.08. The van der Waals surface area contributed by atoms with E-state index < -0.39 is 0 Å². The number of esters is 1. The van der Waals surface area contributed by atoms with Crippen LogP contribution in [0.1, 0.15) is 34.8 Å². The van der Waals surface area contributed by atoms with Crippen LogP contribution in [0.15, 0.2) is 42.5 Å². The van der Waals surface area contributed by atoms with Gasteiger partial charge in [-0.15, -0.1) is 0 Å². The van der Waals surface area contributed by atoms with Gasteiger partial charge in [0, 0.05) is 12.1 Å². The smallest absolute Gasteiger partial charge is 0.338 e. The van der Waals surface area contributed by atoms with Crippen molar-refractivity contribution in [2.45, 2.75) is 26.7 Å². The van der Waals surface area contributed by atoms with Gasteiger partial charge in [0.15, 0.2) is 0 Å². The number of rotatable bonds is 7. The molecule has 0 atom stereocenters. The summed E-state index contributed by atoms with van der Waals surface area (Å²) in [6.07, 6.45) is 1.03. The van der Waals surface area contributed by atoms with Crippen LogP contribution in [-0.2, 0) is 16.0 Å². The number of carbonyl (C=O) groups is 2. The molecule has 0 saturated carbocycles. The summed E-state index contributed by atoms with van der Waals surface area (Å²) in [4.78, 5) is 23.7. The van der Waals surface area contributed by atoms with E-state index in [-0.39, 0.29) is 11.9 Å². The molecule has 1 amide bonds. The van der Waals surface area contributed by atoms with Crippen LogP contribution < -0.4 is 10.1 Å². The number of carbonyl (C=O) groups excluding carboxylic acids is 2. The normalized spacial score (nSPS) is 10.2. The second kappa shape index (κ2) is 8.87. The molecule has 0 aromatic heterocycles. The molecule has 5 nitrogen and oxygen atoms in total. The molecule has 5 heteroatoms. The summed E-state index contributed by atoms with van der Waals surface area (Å²) < 4.78 is 10.2. The highest BCUT2D eigenvalue weighted by Crippen LogP contribution is 2.19. The number of ether oxygens (including phenoxy) is 2. The van der Waals surface area contributed by atoms with Crippen LogP contribution in [0, 0.1) is 6.92 Å². The van der Waals surface area contributed by atoms with Crippen molar-refractivity contribution >= 4 is 17.6 Å². The van der Waals surface area contributed by atoms with Crippen LogP contribution in [0.5, 0.6) is 5.75 Å². The minimum Gasteiger partial charge on any atom is -0.496 e. The molecule has 0 saturated heterocycles. The SMILES string of the molecule is CCOC(=O)c1ccc(NC(=O)CCc2ccc(OC)c(C)c2)cc1. The lowest BCUT2D eigenvalue weighted by Gasteiger charge is -2.08. The Morgan fingerprint density at radius 1 is 1.08 bits per heavy atom. The maximum Gasteiger partial charge on any atom is 0.338 e. The maximum absolute atomic E-state index is 12.1. The Labute approximate surface area is 148 Å². The lowest BCUT2D eigenvalue weighted by Crippen LogP contribution is -2.12. The molecule has 1 N–H and O–H groups in total. The van der Waals surface area contributed by atoms with E-state index in [1.54, 1.807) is 38.3 Å². The Kier molecular flexibility index (Phi) is 6.57. The van der Waals surface area contributed by atoms with Gasteiger partial charge in [0.05, 0.1) is 19.3 Å². The Morgan fingerprint density at radius 3 is 2.40 bits per heavy atom. The molecule has 0 fully saturated rings. The van der Waals surface area contributed by atoms with E-state index in [0.29, 0.717) is 30.7 Å². The second-order valence-corrected chi connectivity index (χ2v) is 5.65. The first-order chi connectivity index (χ1) is 12.0. The molecule has 0 spiro atoms. The molecular weight excluding hydrogens is 318 g/mol. The molecule has 2 aromatic carbocycles. The van der Waals surface area contributed by atoms with Crippen LogP contribution in [0.25, 0.3) is 0 Å². The summed E-state index contributed by atoms with van der Waals surface area (Å²) in [7, 11) is 1.64. The summed E-state index contributed by atoms with van der Waals surface area (Å²) in [6, 6.07) is 12.6. The van der Waals surface area contributed by atoms with Crippen LogP contribution >= 0.6 is 0 Å². The Bertz CT molecular complexity index is 738. The number of hydrogen-bond donors (Lipinski definition) is 1. The van der Waals surface area contributed by atoms with Crippen molar-refractivity contribution in [3.8, 4) is 5.75 Å². The van der Waals surface area contributed by atoms with Crippen molar-refractivity contribution in [1.29, 1.82) is 0 Å². The topological polar surface area (TPSA) is 64.6 Å². The monoisotopic (exact) mass is 341 g/mol. The minimum atomic E-state index is -0.366. The quantitative estimate of drug-likeness (QED) is 0.779. The average Bonchev–Trinajstić information content (AvgIpc) is 2.61. The molecule has 2 rings (SSSR count).